The number of carbonyl (C=O) groups is 1. The van der Waals surface area contributed by atoms with Crippen LogP contribution in [-0.4, -0.2) is 33.8 Å². The van der Waals surface area contributed by atoms with Crippen molar-refractivity contribution in [2.24, 2.45) is 0 Å². The Morgan fingerprint density at radius 1 is 1.11 bits per heavy atom. The second-order valence-electron chi connectivity index (χ2n) is 5.98. The molecule has 0 aliphatic rings. The van der Waals surface area contributed by atoms with E-state index in [1.54, 1.807) is 50.4 Å². The van der Waals surface area contributed by atoms with Crippen molar-refractivity contribution in [3.63, 3.8) is 0 Å². The largest absolute Gasteiger partial charge is 0.493 e. The number of sulfone groups is 1. The van der Waals surface area contributed by atoms with Crippen molar-refractivity contribution >= 4 is 27.5 Å². The van der Waals surface area contributed by atoms with E-state index in [1.807, 2.05) is 13.0 Å². The van der Waals surface area contributed by atoms with E-state index >= 15 is 0 Å². The molecule has 0 radical (unpaired) electrons. The van der Waals surface area contributed by atoms with Gasteiger partial charge in [-0.05, 0) is 42.3 Å². The summed E-state index contributed by atoms with van der Waals surface area (Å²) in [4.78, 5) is 12.4. The third-order valence-electron chi connectivity index (χ3n) is 3.94. The number of hydrogen-bond donors (Lipinski definition) is 1. The molecular weight excluding hydrogens is 378 g/mol. The summed E-state index contributed by atoms with van der Waals surface area (Å²) in [6.07, 6.45) is 3.86. The lowest BCUT2D eigenvalue weighted by Crippen LogP contribution is -2.13. The quantitative estimate of drug-likeness (QED) is 0.642. The van der Waals surface area contributed by atoms with Gasteiger partial charge in [-0.15, -0.1) is 0 Å². The maximum atomic E-state index is 12.3. The molecule has 2 rings (SSSR count). The highest BCUT2D eigenvalue weighted by atomic mass is 32.2. The predicted octanol–water partition coefficient (Wildman–Crippen LogP) is 3.93. The first-order valence-corrected chi connectivity index (χ1v) is 10.7. The van der Waals surface area contributed by atoms with Crippen molar-refractivity contribution in [1.29, 1.82) is 0 Å². The van der Waals surface area contributed by atoms with Gasteiger partial charge in [0.25, 0.3) is 0 Å². The molecule has 1 N–H and O–H groups in total. The van der Waals surface area contributed by atoms with Gasteiger partial charge in [0, 0.05) is 6.08 Å². The third kappa shape index (κ3) is 5.60. The first-order valence-electron chi connectivity index (χ1n) is 9.03. The van der Waals surface area contributed by atoms with Crippen LogP contribution in [0.1, 0.15) is 25.8 Å². The first-order chi connectivity index (χ1) is 13.4. The van der Waals surface area contributed by atoms with Crippen molar-refractivity contribution in [2.45, 2.75) is 25.2 Å². The average Bonchev–Trinajstić information content (AvgIpc) is 2.71. The Balaban J connectivity index is 2.15. The summed E-state index contributed by atoms with van der Waals surface area (Å²) in [7, 11) is -1.88. The summed E-state index contributed by atoms with van der Waals surface area (Å²) >= 11 is 0. The van der Waals surface area contributed by atoms with Crippen LogP contribution in [-0.2, 0) is 14.6 Å². The van der Waals surface area contributed by atoms with Crippen LogP contribution in [0, 0.1) is 0 Å². The molecular formula is C21H25NO5S. The number of carbonyl (C=O) groups excluding carboxylic acids is 1. The maximum absolute atomic E-state index is 12.3. The molecule has 28 heavy (non-hydrogen) atoms. The van der Waals surface area contributed by atoms with Gasteiger partial charge in [-0.25, -0.2) is 8.42 Å². The molecule has 0 heterocycles. The van der Waals surface area contributed by atoms with Gasteiger partial charge in [0.15, 0.2) is 21.3 Å². The van der Waals surface area contributed by atoms with Crippen molar-refractivity contribution in [3.8, 4) is 11.5 Å². The van der Waals surface area contributed by atoms with Crippen LogP contribution < -0.4 is 14.8 Å². The number of ether oxygens (including phenoxy) is 2. The Morgan fingerprint density at radius 2 is 1.86 bits per heavy atom. The highest BCUT2D eigenvalue weighted by molar-refractivity contribution is 7.91. The molecule has 0 spiro atoms. The first kappa shape index (κ1) is 21.5. The van der Waals surface area contributed by atoms with Crippen LogP contribution in [0.2, 0.25) is 0 Å². The summed E-state index contributed by atoms with van der Waals surface area (Å²) in [6, 6.07) is 11.7. The number of nitrogens with one attached hydrogen (secondary N) is 1. The maximum Gasteiger partial charge on any atom is 0.248 e. The molecule has 0 saturated heterocycles. The summed E-state index contributed by atoms with van der Waals surface area (Å²) in [5.41, 5.74) is 1.02. The fourth-order valence-electron chi connectivity index (χ4n) is 2.46. The van der Waals surface area contributed by atoms with E-state index in [0.29, 0.717) is 18.1 Å². The Labute approximate surface area is 166 Å². The highest BCUT2D eigenvalue weighted by Crippen LogP contribution is 2.28. The standard InChI is InChI=1S/C21H25NO5S/c1-4-14-27-18-12-10-16(15-19(18)26-3)11-13-21(23)22-17-8-6-7-9-20(17)28(24,25)5-2/h6-13,15H,4-5,14H2,1-3H3,(H,22,23)/b13-11+. The monoisotopic (exact) mass is 403 g/mol. The second kappa shape index (κ2) is 9.94. The molecule has 2 aromatic carbocycles. The van der Waals surface area contributed by atoms with Crippen LogP contribution in [0.3, 0.4) is 0 Å². The molecule has 0 aliphatic carbocycles. The highest BCUT2D eigenvalue weighted by Gasteiger charge is 2.16. The molecule has 0 unspecified atom stereocenters. The van der Waals surface area contributed by atoms with Crippen LogP contribution in [0.5, 0.6) is 11.5 Å². The van der Waals surface area contributed by atoms with Crippen LogP contribution in [0.15, 0.2) is 53.4 Å². The molecule has 0 saturated carbocycles. The molecule has 7 heteroatoms. The van der Waals surface area contributed by atoms with Crippen molar-refractivity contribution in [2.75, 3.05) is 24.8 Å². The predicted molar refractivity (Wildman–Crippen MR) is 111 cm³/mol. The van der Waals surface area contributed by atoms with Crippen molar-refractivity contribution < 1.29 is 22.7 Å². The van der Waals surface area contributed by atoms with Gasteiger partial charge in [-0.2, -0.15) is 0 Å². The Bertz CT molecular complexity index is 951. The summed E-state index contributed by atoms with van der Waals surface area (Å²) < 4.78 is 35.3. The molecule has 0 aromatic heterocycles. The zero-order valence-electron chi connectivity index (χ0n) is 16.3. The smallest absolute Gasteiger partial charge is 0.248 e. The zero-order chi connectivity index (χ0) is 20.6. The van der Waals surface area contributed by atoms with E-state index in [1.165, 1.54) is 12.1 Å². The molecule has 0 atom stereocenters. The van der Waals surface area contributed by atoms with Gasteiger partial charge in [0.05, 0.1) is 30.1 Å². The Kier molecular flexibility index (Phi) is 7.63. The summed E-state index contributed by atoms with van der Waals surface area (Å²) in [5, 5.41) is 2.63. The summed E-state index contributed by atoms with van der Waals surface area (Å²) in [6.45, 7) is 4.18. The van der Waals surface area contributed by atoms with E-state index in [2.05, 4.69) is 5.32 Å². The number of amides is 1. The van der Waals surface area contributed by atoms with E-state index in [9.17, 15) is 13.2 Å². The SMILES string of the molecule is CCCOc1ccc(/C=C/C(=O)Nc2ccccc2S(=O)(=O)CC)cc1OC. The number of anilines is 1. The average molecular weight is 404 g/mol. The van der Waals surface area contributed by atoms with Crippen molar-refractivity contribution in [1.82, 2.24) is 0 Å². The molecule has 2 aromatic rings. The summed E-state index contributed by atoms with van der Waals surface area (Å²) in [5.74, 6) is 0.756. The molecule has 1 amide bonds. The van der Waals surface area contributed by atoms with Crippen LogP contribution >= 0.6 is 0 Å². The molecule has 0 bridgehead atoms. The van der Waals surface area contributed by atoms with Crippen LogP contribution in [0.25, 0.3) is 6.08 Å². The number of hydrogen-bond acceptors (Lipinski definition) is 5. The minimum Gasteiger partial charge on any atom is -0.493 e. The molecule has 0 aliphatic heterocycles. The number of methoxy groups -OCH3 is 1. The fraction of sp³-hybridized carbons (Fsp3) is 0.286. The lowest BCUT2D eigenvalue weighted by atomic mass is 10.2. The number of benzene rings is 2. The van der Waals surface area contributed by atoms with Gasteiger partial charge in [-0.1, -0.05) is 32.0 Å². The normalized spacial score (nSPS) is 11.4. The van der Waals surface area contributed by atoms with E-state index < -0.39 is 15.7 Å². The van der Waals surface area contributed by atoms with E-state index in [-0.39, 0.29) is 16.3 Å². The van der Waals surface area contributed by atoms with Gasteiger partial charge in [0.2, 0.25) is 5.91 Å². The molecule has 0 fully saturated rings. The Morgan fingerprint density at radius 3 is 2.54 bits per heavy atom. The zero-order valence-corrected chi connectivity index (χ0v) is 17.1. The van der Waals surface area contributed by atoms with E-state index in [0.717, 1.165) is 12.0 Å². The second-order valence-corrected chi connectivity index (χ2v) is 8.23. The van der Waals surface area contributed by atoms with Gasteiger partial charge in [0.1, 0.15) is 0 Å². The van der Waals surface area contributed by atoms with Crippen LogP contribution in [0.4, 0.5) is 5.69 Å². The van der Waals surface area contributed by atoms with Gasteiger partial charge < -0.3 is 14.8 Å². The Hall–Kier alpha value is -2.80. The van der Waals surface area contributed by atoms with E-state index in [4.69, 9.17) is 9.47 Å². The van der Waals surface area contributed by atoms with Gasteiger partial charge >= 0.3 is 0 Å². The minimum atomic E-state index is -3.43. The fourth-order valence-corrected chi connectivity index (χ4v) is 3.51. The topological polar surface area (TPSA) is 81.7 Å². The third-order valence-corrected chi connectivity index (χ3v) is 5.72. The number of para-hydroxylation sites is 1. The number of rotatable bonds is 9. The molecule has 6 nitrogen and oxygen atoms in total. The minimum absolute atomic E-state index is 0.0397. The lowest BCUT2D eigenvalue weighted by molar-refractivity contribution is -0.111. The van der Waals surface area contributed by atoms with Crippen molar-refractivity contribution in [3.05, 3.63) is 54.1 Å². The lowest BCUT2D eigenvalue weighted by Gasteiger charge is -2.10. The van der Waals surface area contributed by atoms with Gasteiger partial charge in [-0.3, -0.25) is 4.79 Å². The molecule has 150 valence electrons.